The Hall–Kier alpha value is -2.83. The number of anilines is 1. The zero-order valence-corrected chi connectivity index (χ0v) is 23.9. The lowest BCUT2D eigenvalue weighted by Crippen LogP contribution is -2.38. The highest BCUT2D eigenvalue weighted by molar-refractivity contribution is 5.94. The van der Waals surface area contributed by atoms with Crippen LogP contribution in [0, 0.1) is 0 Å². The monoisotopic (exact) mass is 512 g/mol. The molecule has 7 nitrogen and oxygen atoms in total. The van der Waals surface area contributed by atoms with Crippen molar-refractivity contribution in [3.63, 3.8) is 0 Å². The maximum absolute atomic E-state index is 13.2. The molecule has 37 heavy (non-hydrogen) atoms. The lowest BCUT2D eigenvalue weighted by Gasteiger charge is -2.22. The molecule has 0 unspecified atom stereocenters. The first-order valence-electron chi connectivity index (χ1n) is 14.0. The van der Waals surface area contributed by atoms with Gasteiger partial charge in [-0.3, -0.25) is 9.59 Å². The molecular weight excluding hydrogens is 464 g/mol. The summed E-state index contributed by atoms with van der Waals surface area (Å²) in [6.45, 7) is 11.3. The van der Waals surface area contributed by atoms with Gasteiger partial charge in [-0.1, -0.05) is 79.6 Å². The van der Waals surface area contributed by atoms with E-state index < -0.39 is 0 Å². The van der Waals surface area contributed by atoms with E-state index in [9.17, 15) is 9.59 Å². The first kappa shape index (κ1) is 30.4. The fourth-order valence-electron chi connectivity index (χ4n) is 4.17. The molecule has 0 spiro atoms. The SMILES string of the molecule is CCCCCCCCC(=O)N(CCCCC)CC(=O)Nc1cc(C(C)(C)C)nn1-c1ccc(OC)cc1. The predicted molar refractivity (Wildman–Crippen MR) is 152 cm³/mol. The Labute approximate surface area is 224 Å². The Bertz CT molecular complexity index is 960. The molecule has 0 aliphatic rings. The second-order valence-corrected chi connectivity index (χ2v) is 10.9. The minimum absolute atomic E-state index is 0.0526. The number of nitrogens with one attached hydrogen (secondary N) is 1. The molecule has 0 radical (unpaired) electrons. The Kier molecular flexibility index (Phi) is 12.7. The van der Waals surface area contributed by atoms with Gasteiger partial charge in [0.05, 0.1) is 25.0 Å². The van der Waals surface area contributed by atoms with E-state index in [1.807, 2.05) is 30.3 Å². The predicted octanol–water partition coefficient (Wildman–Crippen LogP) is 6.89. The minimum Gasteiger partial charge on any atom is -0.497 e. The molecule has 0 saturated carbocycles. The number of amides is 2. The largest absolute Gasteiger partial charge is 0.497 e. The van der Waals surface area contributed by atoms with Gasteiger partial charge < -0.3 is 15.0 Å². The number of benzene rings is 1. The number of ether oxygens (including phenoxy) is 1. The molecule has 0 saturated heterocycles. The molecule has 0 atom stereocenters. The number of carbonyl (C=O) groups is 2. The Morgan fingerprint density at radius 2 is 1.57 bits per heavy atom. The van der Waals surface area contributed by atoms with Crippen molar-refractivity contribution in [2.75, 3.05) is 25.5 Å². The van der Waals surface area contributed by atoms with Gasteiger partial charge in [0.25, 0.3) is 0 Å². The van der Waals surface area contributed by atoms with Crippen LogP contribution in [0.1, 0.15) is 105 Å². The second kappa shape index (κ2) is 15.4. The van der Waals surface area contributed by atoms with Gasteiger partial charge in [0.1, 0.15) is 11.6 Å². The third-order valence-electron chi connectivity index (χ3n) is 6.53. The average Bonchev–Trinajstić information content (AvgIpc) is 3.29. The molecule has 206 valence electrons. The Balaban J connectivity index is 2.12. The van der Waals surface area contributed by atoms with Gasteiger partial charge in [-0.15, -0.1) is 0 Å². The van der Waals surface area contributed by atoms with Gasteiger partial charge >= 0.3 is 0 Å². The second-order valence-electron chi connectivity index (χ2n) is 10.9. The molecule has 1 aromatic heterocycles. The van der Waals surface area contributed by atoms with Gasteiger partial charge in [-0.05, 0) is 37.1 Å². The van der Waals surface area contributed by atoms with Crippen LogP contribution in [0.15, 0.2) is 30.3 Å². The van der Waals surface area contributed by atoms with Crippen molar-refractivity contribution in [3.8, 4) is 11.4 Å². The van der Waals surface area contributed by atoms with E-state index in [2.05, 4.69) is 39.9 Å². The lowest BCUT2D eigenvalue weighted by molar-refractivity contribution is -0.134. The van der Waals surface area contributed by atoms with Crippen LogP contribution >= 0.6 is 0 Å². The average molecular weight is 513 g/mol. The summed E-state index contributed by atoms with van der Waals surface area (Å²) >= 11 is 0. The lowest BCUT2D eigenvalue weighted by atomic mass is 9.92. The molecule has 0 fully saturated rings. The van der Waals surface area contributed by atoms with Crippen LogP contribution in [0.2, 0.25) is 0 Å². The summed E-state index contributed by atoms with van der Waals surface area (Å²) in [6, 6.07) is 9.48. The standard InChI is InChI=1S/C30H48N4O3/c1-7-9-11-12-13-14-16-29(36)33(21-15-10-8-2)23-28(35)31-27-22-26(30(3,4)5)32-34(27)24-17-19-25(37-6)20-18-24/h17-20,22H,7-16,21,23H2,1-6H3,(H,31,35). The molecule has 0 aliphatic heterocycles. The molecule has 0 bridgehead atoms. The molecule has 7 heteroatoms. The maximum Gasteiger partial charge on any atom is 0.245 e. The molecule has 2 rings (SSSR count). The highest BCUT2D eigenvalue weighted by atomic mass is 16.5. The highest BCUT2D eigenvalue weighted by Gasteiger charge is 2.23. The maximum atomic E-state index is 13.2. The number of hydrogen-bond donors (Lipinski definition) is 1. The number of aromatic nitrogens is 2. The molecular formula is C30H48N4O3. The van der Waals surface area contributed by atoms with Crippen LogP contribution in [-0.2, 0) is 15.0 Å². The van der Waals surface area contributed by atoms with Crippen LogP contribution in [0.4, 0.5) is 5.82 Å². The summed E-state index contributed by atoms with van der Waals surface area (Å²) in [5.41, 5.74) is 1.51. The van der Waals surface area contributed by atoms with E-state index >= 15 is 0 Å². The van der Waals surface area contributed by atoms with Crippen LogP contribution in [0.3, 0.4) is 0 Å². The number of unbranched alkanes of at least 4 members (excludes halogenated alkanes) is 7. The number of carbonyl (C=O) groups excluding carboxylic acids is 2. The normalized spacial score (nSPS) is 11.4. The van der Waals surface area contributed by atoms with E-state index in [0.717, 1.165) is 49.2 Å². The van der Waals surface area contributed by atoms with Gasteiger partial charge in [-0.25, -0.2) is 4.68 Å². The number of nitrogens with zero attached hydrogens (tertiary/aromatic N) is 3. The molecule has 2 amide bonds. The number of methoxy groups -OCH3 is 1. The smallest absolute Gasteiger partial charge is 0.245 e. The van der Waals surface area contributed by atoms with Gasteiger partial charge in [-0.2, -0.15) is 5.10 Å². The van der Waals surface area contributed by atoms with Gasteiger partial charge in [0, 0.05) is 24.4 Å². The quantitative estimate of drug-likeness (QED) is 0.249. The van der Waals surface area contributed by atoms with E-state index in [1.165, 1.54) is 25.7 Å². The zero-order chi connectivity index (χ0) is 27.3. The fourth-order valence-corrected chi connectivity index (χ4v) is 4.17. The summed E-state index contributed by atoms with van der Waals surface area (Å²) < 4.78 is 7.03. The van der Waals surface area contributed by atoms with Crippen molar-refractivity contribution in [2.24, 2.45) is 0 Å². The Morgan fingerprint density at radius 1 is 0.946 bits per heavy atom. The molecule has 0 aliphatic carbocycles. The third kappa shape index (κ3) is 10.2. The number of rotatable bonds is 16. The van der Waals surface area contributed by atoms with Gasteiger partial charge in [0.2, 0.25) is 11.8 Å². The first-order valence-corrected chi connectivity index (χ1v) is 14.0. The van der Waals surface area contributed by atoms with Crippen molar-refractivity contribution in [1.82, 2.24) is 14.7 Å². The highest BCUT2D eigenvalue weighted by Crippen LogP contribution is 2.27. The summed E-state index contributed by atoms with van der Waals surface area (Å²) in [5.74, 6) is 1.21. The van der Waals surface area contributed by atoms with Crippen molar-refractivity contribution in [2.45, 2.75) is 104 Å². The van der Waals surface area contributed by atoms with Crippen LogP contribution in [0.5, 0.6) is 5.75 Å². The zero-order valence-electron chi connectivity index (χ0n) is 23.9. The Morgan fingerprint density at radius 3 is 2.19 bits per heavy atom. The van der Waals surface area contributed by atoms with Crippen molar-refractivity contribution in [1.29, 1.82) is 0 Å². The summed E-state index contributed by atoms with van der Waals surface area (Å²) in [7, 11) is 1.63. The van der Waals surface area contributed by atoms with E-state index in [1.54, 1.807) is 16.7 Å². The van der Waals surface area contributed by atoms with Crippen LogP contribution in [-0.4, -0.2) is 46.7 Å². The van der Waals surface area contributed by atoms with Gasteiger partial charge in [0.15, 0.2) is 0 Å². The molecule has 1 aromatic carbocycles. The summed E-state index contributed by atoms with van der Waals surface area (Å²) in [5, 5.41) is 7.82. The molecule has 1 heterocycles. The minimum atomic E-state index is -0.206. The topological polar surface area (TPSA) is 76.5 Å². The van der Waals surface area contributed by atoms with Crippen LogP contribution in [0.25, 0.3) is 5.69 Å². The van der Waals surface area contributed by atoms with Crippen molar-refractivity contribution < 1.29 is 14.3 Å². The first-order chi connectivity index (χ1) is 17.7. The van der Waals surface area contributed by atoms with E-state index in [-0.39, 0.29) is 23.8 Å². The van der Waals surface area contributed by atoms with Crippen molar-refractivity contribution >= 4 is 17.6 Å². The third-order valence-corrected chi connectivity index (χ3v) is 6.53. The van der Waals surface area contributed by atoms with E-state index in [0.29, 0.717) is 18.8 Å². The molecule has 1 N–H and O–H groups in total. The summed E-state index contributed by atoms with van der Waals surface area (Å²) in [4.78, 5) is 27.9. The summed E-state index contributed by atoms with van der Waals surface area (Å²) in [6.07, 6.45) is 10.3. The number of hydrogen-bond acceptors (Lipinski definition) is 4. The van der Waals surface area contributed by atoms with E-state index in [4.69, 9.17) is 9.84 Å². The van der Waals surface area contributed by atoms with Crippen molar-refractivity contribution in [3.05, 3.63) is 36.0 Å². The fraction of sp³-hybridized carbons (Fsp3) is 0.633. The molecule has 2 aromatic rings. The van der Waals surface area contributed by atoms with Crippen LogP contribution < -0.4 is 10.1 Å².